The first-order chi connectivity index (χ1) is 19.6. The SMILES string of the molecule is O=C1CC(c2ccccc2OCCc2ccc3c(c2)CCO3)c2c(ccc3c2OC(=Cc2ccccc2)C3=O)O1. The van der Waals surface area contributed by atoms with Crippen LogP contribution in [-0.2, 0) is 17.6 Å². The maximum absolute atomic E-state index is 13.3. The van der Waals surface area contributed by atoms with Crippen molar-refractivity contribution < 1.29 is 28.5 Å². The number of para-hydroxylation sites is 1. The Bertz CT molecular complexity index is 1670. The van der Waals surface area contributed by atoms with Crippen molar-refractivity contribution in [2.75, 3.05) is 13.2 Å². The third-order valence-corrected chi connectivity index (χ3v) is 7.57. The van der Waals surface area contributed by atoms with Gasteiger partial charge in [0.25, 0.3) is 0 Å². The van der Waals surface area contributed by atoms with Crippen LogP contribution < -0.4 is 18.9 Å². The van der Waals surface area contributed by atoms with Crippen molar-refractivity contribution in [2.24, 2.45) is 0 Å². The van der Waals surface area contributed by atoms with Crippen LogP contribution in [0.5, 0.6) is 23.0 Å². The Morgan fingerprint density at radius 2 is 1.70 bits per heavy atom. The largest absolute Gasteiger partial charge is 0.493 e. The summed E-state index contributed by atoms with van der Waals surface area (Å²) in [4.78, 5) is 26.0. The number of carbonyl (C=O) groups excluding carboxylic acids is 2. The average Bonchev–Trinajstić information content (AvgIpc) is 3.57. The fraction of sp³-hybridized carbons (Fsp3) is 0.176. The molecule has 3 heterocycles. The van der Waals surface area contributed by atoms with Gasteiger partial charge in [0.1, 0.15) is 23.0 Å². The van der Waals surface area contributed by atoms with Crippen molar-refractivity contribution in [3.8, 4) is 23.0 Å². The summed E-state index contributed by atoms with van der Waals surface area (Å²) in [7, 11) is 0. The van der Waals surface area contributed by atoms with Crippen molar-refractivity contribution >= 4 is 17.8 Å². The van der Waals surface area contributed by atoms with Gasteiger partial charge in [-0.05, 0) is 47.0 Å². The van der Waals surface area contributed by atoms with Crippen LogP contribution in [0.25, 0.3) is 6.08 Å². The van der Waals surface area contributed by atoms with Gasteiger partial charge < -0.3 is 18.9 Å². The molecule has 0 saturated carbocycles. The molecule has 0 aromatic heterocycles. The lowest BCUT2D eigenvalue weighted by Crippen LogP contribution is -2.22. The van der Waals surface area contributed by atoms with E-state index in [9.17, 15) is 9.59 Å². The fourth-order valence-electron chi connectivity index (χ4n) is 5.65. The minimum Gasteiger partial charge on any atom is -0.493 e. The molecule has 0 bridgehead atoms. The number of Topliss-reactive ketones (excluding diaryl/α,β-unsaturated/α-hetero) is 1. The molecule has 6 nitrogen and oxygen atoms in total. The van der Waals surface area contributed by atoms with E-state index >= 15 is 0 Å². The second-order valence-electron chi connectivity index (χ2n) is 10.1. The Hall–Kier alpha value is -4.84. The number of ether oxygens (including phenoxy) is 4. The summed E-state index contributed by atoms with van der Waals surface area (Å²) in [5.41, 5.74) is 5.30. The van der Waals surface area contributed by atoms with Crippen molar-refractivity contribution in [3.63, 3.8) is 0 Å². The van der Waals surface area contributed by atoms with E-state index in [1.165, 1.54) is 11.1 Å². The molecule has 0 saturated heterocycles. The zero-order valence-electron chi connectivity index (χ0n) is 21.7. The van der Waals surface area contributed by atoms with E-state index in [1.807, 2.05) is 60.7 Å². The first-order valence-corrected chi connectivity index (χ1v) is 13.5. The van der Waals surface area contributed by atoms with Crippen LogP contribution in [0.3, 0.4) is 0 Å². The van der Waals surface area contributed by atoms with E-state index in [2.05, 4.69) is 12.1 Å². The van der Waals surface area contributed by atoms with Gasteiger partial charge in [0.05, 0.1) is 25.2 Å². The van der Waals surface area contributed by atoms with E-state index in [4.69, 9.17) is 18.9 Å². The van der Waals surface area contributed by atoms with E-state index in [0.29, 0.717) is 35.0 Å². The van der Waals surface area contributed by atoms with Crippen LogP contribution in [0, 0.1) is 0 Å². The maximum Gasteiger partial charge on any atom is 0.312 e. The Morgan fingerprint density at radius 1 is 0.875 bits per heavy atom. The molecule has 1 unspecified atom stereocenters. The minimum absolute atomic E-state index is 0.115. The maximum atomic E-state index is 13.3. The van der Waals surface area contributed by atoms with Gasteiger partial charge in [-0.1, -0.05) is 60.7 Å². The highest BCUT2D eigenvalue weighted by atomic mass is 16.5. The Morgan fingerprint density at radius 3 is 2.60 bits per heavy atom. The number of hydrogen-bond donors (Lipinski definition) is 0. The third-order valence-electron chi connectivity index (χ3n) is 7.57. The predicted molar refractivity (Wildman–Crippen MR) is 149 cm³/mol. The smallest absolute Gasteiger partial charge is 0.312 e. The molecule has 3 aliphatic rings. The molecule has 0 N–H and O–H groups in total. The van der Waals surface area contributed by atoms with Crippen LogP contribution in [0.1, 0.15) is 50.5 Å². The zero-order chi connectivity index (χ0) is 27.1. The first-order valence-electron chi connectivity index (χ1n) is 13.5. The molecular formula is C34H26O6. The molecular weight excluding hydrogens is 504 g/mol. The third kappa shape index (κ3) is 4.41. The number of benzene rings is 4. The van der Waals surface area contributed by atoms with Gasteiger partial charge in [-0.15, -0.1) is 0 Å². The number of allylic oxidation sites excluding steroid dienone is 1. The molecule has 0 spiro atoms. The lowest BCUT2D eigenvalue weighted by Gasteiger charge is -2.27. The standard InChI is InChI=1S/C34H26O6/c35-31-20-26(24-8-4-5-9-28(24)38-16-14-22-10-12-27-23(18-22)15-17-37-27)32-29(39-31)13-11-25-33(36)30(40-34(25)32)19-21-6-2-1-3-7-21/h1-13,18-19,26H,14-17,20H2. The topological polar surface area (TPSA) is 71.1 Å². The zero-order valence-corrected chi connectivity index (χ0v) is 21.7. The predicted octanol–water partition coefficient (Wildman–Crippen LogP) is 6.30. The molecule has 198 valence electrons. The summed E-state index contributed by atoms with van der Waals surface area (Å²) < 4.78 is 23.7. The molecule has 0 fully saturated rings. The normalized spacial score (nSPS) is 17.9. The van der Waals surface area contributed by atoms with E-state index in [0.717, 1.165) is 36.3 Å². The average molecular weight is 531 g/mol. The quantitative estimate of drug-likeness (QED) is 0.166. The molecule has 6 heteroatoms. The summed E-state index contributed by atoms with van der Waals surface area (Å²) in [6.07, 6.45) is 3.53. The first kappa shape index (κ1) is 24.2. The van der Waals surface area contributed by atoms with Crippen LogP contribution in [-0.4, -0.2) is 25.0 Å². The number of rotatable bonds is 6. The Labute approximate surface area is 231 Å². The monoisotopic (exact) mass is 530 g/mol. The molecule has 0 amide bonds. The summed E-state index contributed by atoms with van der Waals surface area (Å²) in [5.74, 6) is 1.84. The number of esters is 1. The second kappa shape index (κ2) is 10.0. The van der Waals surface area contributed by atoms with Gasteiger partial charge in [0, 0.05) is 29.9 Å². The molecule has 4 aromatic carbocycles. The van der Waals surface area contributed by atoms with Crippen molar-refractivity contribution in [1.29, 1.82) is 0 Å². The molecule has 0 aliphatic carbocycles. The second-order valence-corrected chi connectivity index (χ2v) is 10.1. The molecule has 4 aromatic rings. The van der Waals surface area contributed by atoms with E-state index < -0.39 is 0 Å². The van der Waals surface area contributed by atoms with E-state index in [1.54, 1.807) is 18.2 Å². The van der Waals surface area contributed by atoms with Gasteiger partial charge in [-0.3, -0.25) is 9.59 Å². The van der Waals surface area contributed by atoms with Crippen molar-refractivity contribution in [2.45, 2.75) is 25.2 Å². The fourth-order valence-corrected chi connectivity index (χ4v) is 5.65. The summed E-state index contributed by atoms with van der Waals surface area (Å²) in [5, 5.41) is 0. The van der Waals surface area contributed by atoms with Crippen LogP contribution in [0.4, 0.5) is 0 Å². The lowest BCUT2D eigenvalue weighted by atomic mass is 9.84. The van der Waals surface area contributed by atoms with Crippen LogP contribution in [0.15, 0.2) is 90.7 Å². The Balaban J connectivity index is 1.19. The van der Waals surface area contributed by atoms with E-state index in [-0.39, 0.29) is 29.9 Å². The highest BCUT2D eigenvalue weighted by Gasteiger charge is 2.39. The summed E-state index contributed by atoms with van der Waals surface area (Å²) >= 11 is 0. The highest BCUT2D eigenvalue weighted by molar-refractivity contribution is 6.15. The van der Waals surface area contributed by atoms with Crippen LogP contribution in [0.2, 0.25) is 0 Å². The van der Waals surface area contributed by atoms with Gasteiger partial charge in [0.2, 0.25) is 5.78 Å². The number of carbonyl (C=O) groups is 2. The molecule has 3 aliphatic heterocycles. The number of fused-ring (bicyclic) bond motifs is 4. The van der Waals surface area contributed by atoms with Gasteiger partial charge >= 0.3 is 5.97 Å². The van der Waals surface area contributed by atoms with Gasteiger partial charge in [0.15, 0.2) is 5.76 Å². The molecule has 1 atom stereocenters. The van der Waals surface area contributed by atoms with Crippen LogP contribution >= 0.6 is 0 Å². The minimum atomic E-state index is -0.386. The number of ketones is 1. The van der Waals surface area contributed by atoms with Gasteiger partial charge in [-0.25, -0.2) is 0 Å². The summed E-state index contributed by atoms with van der Waals surface area (Å²) in [6, 6.07) is 26.9. The lowest BCUT2D eigenvalue weighted by molar-refractivity contribution is -0.135. The van der Waals surface area contributed by atoms with Gasteiger partial charge in [-0.2, -0.15) is 0 Å². The van der Waals surface area contributed by atoms with Crippen molar-refractivity contribution in [3.05, 3.63) is 124 Å². The molecule has 0 radical (unpaired) electrons. The summed E-state index contributed by atoms with van der Waals surface area (Å²) in [6.45, 7) is 1.21. The Kier molecular flexibility index (Phi) is 6.08. The molecule has 40 heavy (non-hydrogen) atoms. The highest BCUT2D eigenvalue weighted by Crippen LogP contribution is 2.50. The number of hydrogen-bond acceptors (Lipinski definition) is 6. The van der Waals surface area contributed by atoms with Crippen molar-refractivity contribution in [1.82, 2.24) is 0 Å². The molecule has 7 rings (SSSR count).